The van der Waals surface area contributed by atoms with Crippen molar-refractivity contribution in [2.24, 2.45) is 0 Å². The van der Waals surface area contributed by atoms with E-state index in [9.17, 15) is 35.9 Å². The SMILES string of the molecule is O=C(c1cncc(OCC2CCCN2c2cn[nH]c(=O)c2C(F)(F)F)c1)N1CCN2c3ncc(C(F)(F)F)cc3OCCC2C1. The minimum Gasteiger partial charge on any atom is -0.490 e. The third-order valence-corrected chi connectivity index (χ3v) is 8.12. The molecule has 2 saturated heterocycles. The van der Waals surface area contributed by atoms with Crippen LogP contribution in [0.15, 0.2) is 41.7 Å². The van der Waals surface area contributed by atoms with Crippen molar-refractivity contribution in [2.45, 2.75) is 43.7 Å². The number of nitrogens with zero attached hydrogens (tertiary/aromatic N) is 6. The predicted octanol–water partition coefficient (Wildman–Crippen LogP) is 3.76. The zero-order valence-corrected chi connectivity index (χ0v) is 23.6. The van der Waals surface area contributed by atoms with Crippen molar-refractivity contribution < 1.29 is 40.6 Å². The highest BCUT2D eigenvalue weighted by Gasteiger charge is 2.41. The zero-order valence-electron chi connectivity index (χ0n) is 23.6. The Morgan fingerprint density at radius 2 is 1.82 bits per heavy atom. The van der Waals surface area contributed by atoms with Gasteiger partial charge in [0.25, 0.3) is 11.5 Å². The number of H-pyrrole nitrogens is 1. The third kappa shape index (κ3) is 6.20. The van der Waals surface area contributed by atoms with E-state index in [0.717, 1.165) is 18.5 Å². The Bertz CT molecular complexity index is 1630. The number of hydrogen-bond donors (Lipinski definition) is 1. The molecule has 3 aliphatic heterocycles. The molecule has 2 atom stereocenters. The van der Waals surface area contributed by atoms with Crippen LogP contribution in [0.1, 0.15) is 40.7 Å². The highest BCUT2D eigenvalue weighted by atomic mass is 19.4. The highest BCUT2D eigenvalue weighted by Crippen LogP contribution is 2.39. The molecule has 0 aromatic carbocycles. The predicted molar refractivity (Wildman–Crippen MR) is 146 cm³/mol. The molecule has 45 heavy (non-hydrogen) atoms. The Morgan fingerprint density at radius 3 is 2.60 bits per heavy atom. The number of piperazine rings is 1. The van der Waals surface area contributed by atoms with E-state index in [1.165, 1.54) is 23.4 Å². The molecule has 0 saturated carbocycles. The summed E-state index contributed by atoms with van der Waals surface area (Å²) in [5, 5.41) is 5.40. The number of fused-ring (bicyclic) bond motifs is 3. The number of pyridine rings is 2. The Hall–Kier alpha value is -4.57. The molecule has 240 valence electrons. The van der Waals surface area contributed by atoms with Gasteiger partial charge in [-0.1, -0.05) is 0 Å². The van der Waals surface area contributed by atoms with Crippen LogP contribution >= 0.6 is 0 Å². The van der Waals surface area contributed by atoms with E-state index in [1.807, 2.05) is 10.00 Å². The molecule has 6 rings (SSSR count). The summed E-state index contributed by atoms with van der Waals surface area (Å²) in [7, 11) is 0. The van der Waals surface area contributed by atoms with Crippen LogP contribution in [0.4, 0.5) is 37.8 Å². The number of ether oxygens (including phenoxy) is 2. The van der Waals surface area contributed by atoms with Gasteiger partial charge in [-0.15, -0.1) is 0 Å². The first-order chi connectivity index (χ1) is 21.4. The van der Waals surface area contributed by atoms with Gasteiger partial charge in [-0.25, -0.2) is 10.1 Å². The molecule has 0 aliphatic carbocycles. The average Bonchev–Trinajstić information content (AvgIpc) is 3.39. The van der Waals surface area contributed by atoms with Gasteiger partial charge in [-0.05, 0) is 25.0 Å². The van der Waals surface area contributed by atoms with E-state index in [4.69, 9.17) is 9.47 Å². The second-order valence-electron chi connectivity index (χ2n) is 10.9. The number of halogens is 6. The van der Waals surface area contributed by atoms with Gasteiger partial charge in [0.05, 0.1) is 47.9 Å². The lowest BCUT2D eigenvalue weighted by Crippen LogP contribution is -2.55. The monoisotopic (exact) mass is 639 g/mol. The van der Waals surface area contributed by atoms with Crippen molar-refractivity contribution in [3.8, 4) is 11.5 Å². The Labute approximate surface area is 251 Å². The number of alkyl halides is 6. The van der Waals surface area contributed by atoms with Crippen LogP contribution in [-0.2, 0) is 12.4 Å². The number of hydrogen-bond acceptors (Lipinski definition) is 9. The maximum Gasteiger partial charge on any atom is 0.423 e. The van der Waals surface area contributed by atoms with E-state index in [0.29, 0.717) is 31.6 Å². The summed E-state index contributed by atoms with van der Waals surface area (Å²) < 4.78 is 92.0. The molecule has 3 aromatic heterocycles. The number of aromatic amines is 1. The van der Waals surface area contributed by atoms with Gasteiger partial charge >= 0.3 is 12.4 Å². The van der Waals surface area contributed by atoms with E-state index in [-0.39, 0.29) is 67.5 Å². The van der Waals surface area contributed by atoms with Crippen LogP contribution in [-0.4, -0.2) is 82.4 Å². The van der Waals surface area contributed by atoms with Crippen molar-refractivity contribution in [3.63, 3.8) is 0 Å². The molecule has 3 aromatic rings. The number of anilines is 2. The van der Waals surface area contributed by atoms with Crippen LogP contribution in [0.25, 0.3) is 0 Å². The summed E-state index contributed by atoms with van der Waals surface area (Å²) in [6.45, 7) is 1.28. The molecule has 3 aliphatic rings. The van der Waals surface area contributed by atoms with Crippen molar-refractivity contribution in [3.05, 3.63) is 64.0 Å². The Morgan fingerprint density at radius 1 is 1.00 bits per heavy atom. The molecule has 1 N–H and O–H groups in total. The summed E-state index contributed by atoms with van der Waals surface area (Å²) in [6.07, 6.45) is -3.34. The fourth-order valence-electron chi connectivity index (χ4n) is 5.98. The quantitative estimate of drug-likeness (QED) is 0.417. The molecule has 1 amide bonds. The largest absolute Gasteiger partial charge is 0.490 e. The van der Waals surface area contributed by atoms with Gasteiger partial charge in [-0.2, -0.15) is 31.4 Å². The standard InChI is InChI=1S/C28H27F6N7O4/c29-27(30,31)17-9-22-24(36-11-17)41-6-5-39(14-18(41)3-7-44-22)26(43)16-8-20(12-35-10-16)45-15-19-2-1-4-40(19)21-13-37-38-25(42)23(21)28(32,33)34/h8-13,18-19H,1-7,14-15H2,(H,38,42). The number of nitrogens with one attached hydrogen (secondary N) is 1. The molecule has 2 unspecified atom stereocenters. The summed E-state index contributed by atoms with van der Waals surface area (Å²) in [5.74, 6) is 0.263. The minimum absolute atomic E-state index is 0.0212. The van der Waals surface area contributed by atoms with Gasteiger partial charge < -0.3 is 24.2 Å². The molecule has 17 heteroatoms. The minimum atomic E-state index is -4.87. The van der Waals surface area contributed by atoms with Crippen molar-refractivity contribution in [1.82, 2.24) is 25.1 Å². The van der Waals surface area contributed by atoms with E-state index in [2.05, 4.69) is 15.1 Å². The lowest BCUT2D eigenvalue weighted by molar-refractivity contribution is -0.139. The average molecular weight is 640 g/mol. The fraction of sp³-hybridized carbons (Fsp3) is 0.464. The van der Waals surface area contributed by atoms with Crippen molar-refractivity contribution in [2.75, 3.05) is 49.2 Å². The molecule has 0 radical (unpaired) electrons. The van der Waals surface area contributed by atoms with Gasteiger partial charge in [0.15, 0.2) is 11.6 Å². The lowest BCUT2D eigenvalue weighted by atomic mass is 10.1. The van der Waals surface area contributed by atoms with E-state index in [1.54, 1.807) is 4.90 Å². The first kappa shape index (κ1) is 30.5. The third-order valence-electron chi connectivity index (χ3n) is 8.12. The summed E-state index contributed by atoms with van der Waals surface area (Å²) in [6, 6.07) is 1.72. The van der Waals surface area contributed by atoms with Crippen LogP contribution in [0.3, 0.4) is 0 Å². The smallest absolute Gasteiger partial charge is 0.423 e. The molecular weight excluding hydrogens is 612 g/mol. The molecule has 11 nitrogen and oxygen atoms in total. The van der Waals surface area contributed by atoms with Gasteiger partial charge in [-0.3, -0.25) is 14.6 Å². The molecule has 0 spiro atoms. The topological polar surface area (TPSA) is 117 Å². The van der Waals surface area contributed by atoms with Gasteiger partial charge in [0.2, 0.25) is 0 Å². The maximum absolute atomic E-state index is 13.6. The lowest BCUT2D eigenvalue weighted by Gasteiger charge is -2.41. The zero-order chi connectivity index (χ0) is 31.9. The van der Waals surface area contributed by atoms with Crippen LogP contribution in [0.2, 0.25) is 0 Å². The second-order valence-corrected chi connectivity index (χ2v) is 10.9. The number of carbonyl (C=O) groups excluding carboxylic acids is 1. The van der Waals surface area contributed by atoms with Crippen molar-refractivity contribution in [1.29, 1.82) is 0 Å². The highest BCUT2D eigenvalue weighted by molar-refractivity contribution is 5.94. The second kappa shape index (κ2) is 11.7. The molecule has 6 heterocycles. The normalized spacial score (nSPS) is 20.3. The van der Waals surface area contributed by atoms with E-state index >= 15 is 0 Å². The maximum atomic E-state index is 13.6. The molecular formula is C28H27F6N7O4. The number of rotatable bonds is 5. The van der Waals surface area contributed by atoms with Crippen LogP contribution in [0, 0.1) is 0 Å². The number of aromatic nitrogens is 4. The van der Waals surface area contributed by atoms with E-state index < -0.39 is 35.1 Å². The summed E-state index contributed by atoms with van der Waals surface area (Å²) >= 11 is 0. The molecule has 2 fully saturated rings. The van der Waals surface area contributed by atoms with Crippen LogP contribution < -0.4 is 24.8 Å². The Balaban J connectivity index is 1.12. The van der Waals surface area contributed by atoms with Crippen molar-refractivity contribution >= 4 is 17.4 Å². The van der Waals surface area contributed by atoms with Gasteiger partial charge in [0, 0.05) is 45.0 Å². The van der Waals surface area contributed by atoms with Gasteiger partial charge in [0.1, 0.15) is 17.9 Å². The summed E-state index contributed by atoms with van der Waals surface area (Å²) in [5.41, 5.74) is -3.62. The fourth-order valence-corrected chi connectivity index (χ4v) is 5.98. The number of amides is 1. The first-order valence-electron chi connectivity index (χ1n) is 14.2. The summed E-state index contributed by atoms with van der Waals surface area (Å²) in [4.78, 5) is 38.5. The Kier molecular flexibility index (Phi) is 7.95. The molecule has 0 bridgehead atoms. The number of carbonyl (C=O) groups is 1. The first-order valence-corrected chi connectivity index (χ1v) is 14.2. The van der Waals surface area contributed by atoms with Crippen LogP contribution in [0.5, 0.6) is 11.5 Å².